The van der Waals surface area contributed by atoms with Crippen LogP contribution in [0.25, 0.3) is 0 Å². The van der Waals surface area contributed by atoms with Crippen LogP contribution in [-0.4, -0.2) is 29.2 Å². The molecule has 0 aliphatic carbocycles. The fraction of sp³-hybridized carbons (Fsp3) is 0.276. The molecule has 210 valence electrons. The molecule has 1 atom stereocenters. The maximum Gasteiger partial charge on any atom is 0.416 e. The number of amides is 2. The largest absolute Gasteiger partial charge is 0.416 e. The zero-order chi connectivity index (χ0) is 29.5. The van der Waals surface area contributed by atoms with Gasteiger partial charge in [0.05, 0.1) is 28.9 Å². The Kier molecular flexibility index (Phi) is 7.53. The Morgan fingerprint density at radius 3 is 2.10 bits per heavy atom. The second-order valence-corrected chi connectivity index (χ2v) is 10.2. The molecule has 1 aliphatic rings. The standard InChI is InChI=1S/C29H25F6N3O2/c1-27(2,3)38-22-12-8-7-11-20(22)24(17-9-5-4-6-10-17)37-25(26(38)40)36-23(39)15-18-13-14-19(28(30,31)32)16-21(18)29(33,34)35/h4-14,16,25H,15H2,1-3H3,(H,36,39). The smallest absolute Gasteiger partial charge is 0.326 e. The number of alkyl halides is 6. The van der Waals surface area contributed by atoms with Crippen molar-refractivity contribution in [3.63, 3.8) is 0 Å². The van der Waals surface area contributed by atoms with Crippen LogP contribution in [-0.2, 0) is 28.4 Å². The third-order valence-electron chi connectivity index (χ3n) is 6.22. The highest BCUT2D eigenvalue weighted by Gasteiger charge is 2.40. The van der Waals surface area contributed by atoms with E-state index in [4.69, 9.17) is 0 Å². The minimum absolute atomic E-state index is 0.0247. The molecule has 5 nitrogen and oxygen atoms in total. The zero-order valence-corrected chi connectivity index (χ0v) is 21.7. The van der Waals surface area contributed by atoms with Crippen molar-refractivity contribution < 1.29 is 35.9 Å². The molecule has 1 N–H and O–H groups in total. The molecular weight excluding hydrogens is 536 g/mol. The van der Waals surface area contributed by atoms with Crippen molar-refractivity contribution in [2.24, 2.45) is 4.99 Å². The minimum atomic E-state index is -5.14. The van der Waals surface area contributed by atoms with Crippen LogP contribution in [0.5, 0.6) is 0 Å². The average Bonchev–Trinajstić information content (AvgIpc) is 2.97. The number of fused-ring (bicyclic) bond motifs is 1. The zero-order valence-electron chi connectivity index (χ0n) is 21.7. The molecule has 0 radical (unpaired) electrons. The van der Waals surface area contributed by atoms with Gasteiger partial charge in [-0.2, -0.15) is 26.3 Å². The molecule has 0 fully saturated rings. The summed E-state index contributed by atoms with van der Waals surface area (Å²) in [5, 5.41) is 2.41. The number of anilines is 1. The van der Waals surface area contributed by atoms with Gasteiger partial charge in [-0.3, -0.25) is 9.59 Å². The molecule has 0 saturated carbocycles. The molecule has 11 heteroatoms. The molecule has 40 heavy (non-hydrogen) atoms. The van der Waals surface area contributed by atoms with E-state index in [1.807, 2.05) is 0 Å². The first kappa shape index (κ1) is 28.8. The summed E-state index contributed by atoms with van der Waals surface area (Å²) >= 11 is 0. The Balaban J connectivity index is 1.75. The van der Waals surface area contributed by atoms with Gasteiger partial charge in [-0.1, -0.05) is 54.6 Å². The molecule has 3 aromatic rings. The average molecular weight is 562 g/mol. The van der Waals surface area contributed by atoms with Crippen LogP contribution >= 0.6 is 0 Å². The molecule has 1 heterocycles. The summed E-state index contributed by atoms with van der Waals surface area (Å²) in [5.41, 5.74) is -2.36. The molecule has 3 aromatic carbocycles. The molecule has 0 saturated heterocycles. The summed E-state index contributed by atoms with van der Waals surface area (Å²) in [6, 6.07) is 17.0. The van der Waals surface area contributed by atoms with Crippen LogP contribution in [0.2, 0.25) is 0 Å². The summed E-state index contributed by atoms with van der Waals surface area (Å²) in [6.45, 7) is 5.35. The number of benzodiazepines with no additional fused rings is 1. The second kappa shape index (κ2) is 10.4. The maximum atomic E-state index is 13.8. The third-order valence-corrected chi connectivity index (χ3v) is 6.22. The van der Waals surface area contributed by atoms with E-state index in [2.05, 4.69) is 10.3 Å². The normalized spacial score (nSPS) is 16.2. The van der Waals surface area contributed by atoms with E-state index in [1.165, 1.54) is 4.90 Å². The predicted molar refractivity (Wildman–Crippen MR) is 138 cm³/mol. The van der Waals surface area contributed by atoms with Gasteiger partial charge in [0, 0.05) is 16.7 Å². The number of halogens is 6. The first-order chi connectivity index (χ1) is 18.6. The van der Waals surface area contributed by atoms with Crippen molar-refractivity contribution in [3.05, 3.63) is 101 Å². The third kappa shape index (κ3) is 6.03. The van der Waals surface area contributed by atoms with Crippen LogP contribution in [0.1, 0.15) is 48.6 Å². The van der Waals surface area contributed by atoms with Crippen LogP contribution in [0.15, 0.2) is 77.8 Å². The molecule has 1 unspecified atom stereocenters. The number of hydrogen-bond donors (Lipinski definition) is 1. The number of carbonyl (C=O) groups excluding carboxylic acids is 2. The lowest BCUT2D eigenvalue weighted by Gasteiger charge is -2.37. The van der Waals surface area contributed by atoms with Crippen molar-refractivity contribution in [2.75, 3.05) is 4.90 Å². The summed E-state index contributed by atoms with van der Waals surface area (Å²) in [5.74, 6) is -1.64. The number of rotatable bonds is 4. The van der Waals surface area contributed by atoms with E-state index in [-0.39, 0.29) is 6.07 Å². The maximum absolute atomic E-state index is 13.8. The number of nitrogens with one attached hydrogen (secondary N) is 1. The number of hydrogen-bond acceptors (Lipinski definition) is 3. The van der Waals surface area contributed by atoms with Crippen LogP contribution in [0, 0.1) is 0 Å². The molecule has 4 rings (SSSR count). The molecule has 1 aliphatic heterocycles. The van der Waals surface area contributed by atoms with E-state index in [0.717, 1.165) is 0 Å². The fourth-order valence-corrected chi connectivity index (χ4v) is 4.52. The van der Waals surface area contributed by atoms with Gasteiger partial charge in [0.25, 0.3) is 5.91 Å². The number of para-hydroxylation sites is 1. The van der Waals surface area contributed by atoms with Crippen LogP contribution < -0.4 is 10.2 Å². The highest BCUT2D eigenvalue weighted by molar-refractivity contribution is 6.20. The molecular formula is C29H25F6N3O2. The number of aliphatic imine (C=N–C) groups is 1. The van der Waals surface area contributed by atoms with E-state index in [1.54, 1.807) is 75.4 Å². The van der Waals surface area contributed by atoms with Gasteiger partial charge < -0.3 is 10.2 Å². The second-order valence-electron chi connectivity index (χ2n) is 10.2. The SMILES string of the molecule is CC(C)(C)N1C(=O)C(NC(=O)Cc2ccc(C(F)(F)F)cc2C(F)(F)F)N=C(c2ccccc2)c2ccccc21. The molecule has 2 amide bonds. The van der Waals surface area contributed by atoms with Crippen LogP contribution in [0.4, 0.5) is 32.0 Å². The molecule has 0 spiro atoms. The topological polar surface area (TPSA) is 61.8 Å². The van der Waals surface area contributed by atoms with Gasteiger partial charge >= 0.3 is 12.4 Å². The predicted octanol–water partition coefficient (Wildman–Crippen LogP) is 6.39. The van der Waals surface area contributed by atoms with Crippen molar-refractivity contribution >= 4 is 23.2 Å². The van der Waals surface area contributed by atoms with E-state index in [9.17, 15) is 35.9 Å². The van der Waals surface area contributed by atoms with Gasteiger partial charge in [-0.25, -0.2) is 4.99 Å². The van der Waals surface area contributed by atoms with Crippen molar-refractivity contribution in [1.29, 1.82) is 0 Å². The van der Waals surface area contributed by atoms with Crippen LogP contribution in [0.3, 0.4) is 0 Å². The number of carbonyl (C=O) groups is 2. The fourth-order valence-electron chi connectivity index (χ4n) is 4.52. The van der Waals surface area contributed by atoms with Gasteiger partial charge in [0.1, 0.15) is 0 Å². The van der Waals surface area contributed by atoms with Gasteiger partial charge in [0.2, 0.25) is 12.1 Å². The Hall–Kier alpha value is -4.15. The Morgan fingerprint density at radius 2 is 1.50 bits per heavy atom. The quantitative estimate of drug-likeness (QED) is 0.375. The van der Waals surface area contributed by atoms with Crippen molar-refractivity contribution in [2.45, 2.75) is 51.2 Å². The van der Waals surface area contributed by atoms with Crippen molar-refractivity contribution in [1.82, 2.24) is 5.32 Å². The lowest BCUT2D eigenvalue weighted by molar-refractivity contribution is -0.143. The number of benzene rings is 3. The first-order valence-corrected chi connectivity index (χ1v) is 12.2. The van der Waals surface area contributed by atoms with Gasteiger partial charge in [0.15, 0.2) is 0 Å². The monoisotopic (exact) mass is 561 g/mol. The van der Waals surface area contributed by atoms with Gasteiger partial charge in [-0.15, -0.1) is 0 Å². The van der Waals surface area contributed by atoms with E-state index < -0.39 is 59.0 Å². The van der Waals surface area contributed by atoms with E-state index in [0.29, 0.717) is 34.7 Å². The van der Waals surface area contributed by atoms with Crippen molar-refractivity contribution in [3.8, 4) is 0 Å². The van der Waals surface area contributed by atoms with E-state index >= 15 is 0 Å². The lowest BCUT2D eigenvalue weighted by Crippen LogP contribution is -2.54. The highest BCUT2D eigenvalue weighted by Crippen LogP contribution is 2.38. The van der Waals surface area contributed by atoms with Gasteiger partial charge in [-0.05, 0) is 44.5 Å². The number of nitrogens with zero attached hydrogens (tertiary/aromatic N) is 2. The minimum Gasteiger partial charge on any atom is -0.326 e. The highest BCUT2D eigenvalue weighted by atomic mass is 19.4. The summed E-state index contributed by atoms with van der Waals surface area (Å²) in [6.07, 6.45) is -12.6. The first-order valence-electron chi connectivity index (χ1n) is 12.2. The summed E-state index contributed by atoms with van der Waals surface area (Å²) in [7, 11) is 0. The Labute approximate surface area is 226 Å². The molecule has 0 bridgehead atoms. The lowest BCUT2D eigenvalue weighted by atomic mass is 9.97. The molecule has 0 aromatic heterocycles. The Morgan fingerprint density at radius 1 is 0.875 bits per heavy atom. The Bertz CT molecular complexity index is 1460. The summed E-state index contributed by atoms with van der Waals surface area (Å²) < 4.78 is 80.1. The summed E-state index contributed by atoms with van der Waals surface area (Å²) in [4.78, 5) is 32.8.